The summed E-state index contributed by atoms with van der Waals surface area (Å²) in [5.74, 6) is -1.49. The molecule has 0 spiro atoms. The molecule has 1 aromatic heterocycles. The van der Waals surface area contributed by atoms with E-state index in [1.54, 1.807) is 0 Å². The predicted octanol–water partition coefficient (Wildman–Crippen LogP) is 3.76. The van der Waals surface area contributed by atoms with Gasteiger partial charge in [0.25, 0.3) is 5.91 Å². The Morgan fingerprint density at radius 2 is 1.86 bits per heavy atom. The number of aromatic nitrogens is 2. The number of nitrogens with one attached hydrogen (secondary N) is 1. The summed E-state index contributed by atoms with van der Waals surface area (Å²) < 4.78 is 37.4. The molecule has 0 radical (unpaired) electrons. The Hall–Kier alpha value is -2.06. The van der Waals surface area contributed by atoms with E-state index in [9.17, 15) is 23.1 Å². The minimum absolute atomic E-state index is 0.176. The summed E-state index contributed by atoms with van der Waals surface area (Å²) >= 11 is 11.2. The highest BCUT2D eigenvalue weighted by molar-refractivity contribution is 6.32. The average molecular weight is 352 g/mol. The summed E-state index contributed by atoms with van der Waals surface area (Å²) in [6.45, 7) is 0. The molecular formula is C12H6Cl2F3N3O2. The molecule has 1 aromatic carbocycles. The zero-order valence-electron chi connectivity index (χ0n) is 10.4. The Morgan fingerprint density at radius 1 is 1.18 bits per heavy atom. The maximum absolute atomic E-state index is 12.5. The predicted molar refractivity (Wildman–Crippen MR) is 73.1 cm³/mol. The van der Waals surface area contributed by atoms with Gasteiger partial charge in [-0.15, -0.1) is 10.2 Å². The first-order valence-electron chi connectivity index (χ1n) is 5.59. The van der Waals surface area contributed by atoms with Gasteiger partial charge in [-0.05, 0) is 18.2 Å². The molecule has 1 amide bonds. The van der Waals surface area contributed by atoms with Crippen LogP contribution in [0.2, 0.25) is 10.0 Å². The van der Waals surface area contributed by atoms with Gasteiger partial charge in [0.05, 0.1) is 10.6 Å². The van der Waals surface area contributed by atoms with Gasteiger partial charge in [0.2, 0.25) is 0 Å². The monoisotopic (exact) mass is 351 g/mol. The summed E-state index contributed by atoms with van der Waals surface area (Å²) in [4.78, 5) is 11.9. The topological polar surface area (TPSA) is 75.1 Å². The summed E-state index contributed by atoms with van der Waals surface area (Å²) in [7, 11) is 0. The van der Waals surface area contributed by atoms with Crippen molar-refractivity contribution in [1.82, 2.24) is 10.2 Å². The van der Waals surface area contributed by atoms with Crippen molar-refractivity contribution in [3.63, 3.8) is 0 Å². The summed E-state index contributed by atoms with van der Waals surface area (Å²) in [6, 6.07) is 4.55. The Morgan fingerprint density at radius 3 is 2.45 bits per heavy atom. The van der Waals surface area contributed by atoms with Gasteiger partial charge in [-0.25, -0.2) is 0 Å². The van der Waals surface area contributed by atoms with Crippen LogP contribution in [-0.4, -0.2) is 21.2 Å². The highest BCUT2D eigenvalue weighted by atomic mass is 35.5. The first kappa shape index (κ1) is 16.3. The van der Waals surface area contributed by atoms with E-state index in [0.29, 0.717) is 0 Å². The van der Waals surface area contributed by atoms with Gasteiger partial charge in [-0.3, -0.25) is 4.79 Å². The highest BCUT2D eigenvalue weighted by Crippen LogP contribution is 2.33. The maximum atomic E-state index is 12.5. The fraction of sp³-hybridized carbons (Fsp3) is 0.0833. The van der Waals surface area contributed by atoms with Crippen molar-refractivity contribution >= 4 is 34.9 Å². The molecule has 0 unspecified atom stereocenters. The Labute approximate surface area is 131 Å². The lowest BCUT2D eigenvalue weighted by molar-refractivity contribution is -0.141. The van der Waals surface area contributed by atoms with E-state index in [-0.39, 0.29) is 22.2 Å². The second-order valence-electron chi connectivity index (χ2n) is 4.04. The van der Waals surface area contributed by atoms with Gasteiger partial charge in [-0.1, -0.05) is 23.2 Å². The molecule has 0 saturated heterocycles. The van der Waals surface area contributed by atoms with Crippen molar-refractivity contribution in [2.45, 2.75) is 6.18 Å². The number of amides is 1. The van der Waals surface area contributed by atoms with Crippen molar-refractivity contribution in [1.29, 1.82) is 0 Å². The molecule has 0 aliphatic carbocycles. The molecule has 0 aliphatic heterocycles. The second kappa shape index (κ2) is 5.98. The number of phenols is 1. The number of benzene rings is 1. The van der Waals surface area contributed by atoms with Crippen LogP contribution in [0.3, 0.4) is 0 Å². The number of carbonyl (C=O) groups is 1. The normalized spacial score (nSPS) is 11.3. The molecule has 2 aromatic rings. The molecule has 0 bridgehead atoms. The molecule has 5 nitrogen and oxygen atoms in total. The molecule has 2 rings (SSSR count). The fourth-order valence-corrected chi connectivity index (χ4v) is 1.92. The molecule has 1 heterocycles. The molecule has 0 aliphatic rings. The second-order valence-corrected chi connectivity index (χ2v) is 4.88. The van der Waals surface area contributed by atoms with Gasteiger partial charge in [0.1, 0.15) is 5.75 Å². The fourth-order valence-electron chi connectivity index (χ4n) is 1.50. The van der Waals surface area contributed by atoms with Crippen molar-refractivity contribution in [3.05, 3.63) is 45.6 Å². The highest BCUT2D eigenvalue weighted by Gasteiger charge is 2.36. The van der Waals surface area contributed by atoms with Gasteiger partial charge in [0, 0.05) is 11.1 Å². The lowest BCUT2D eigenvalue weighted by Crippen LogP contribution is -2.16. The largest absolute Gasteiger partial charge is 0.507 e. The number of hydrogen-bond donors (Lipinski definition) is 2. The van der Waals surface area contributed by atoms with E-state index in [2.05, 4.69) is 15.5 Å². The molecular weight excluding hydrogens is 346 g/mol. The summed E-state index contributed by atoms with van der Waals surface area (Å²) in [5, 5.41) is 17.3. The van der Waals surface area contributed by atoms with E-state index in [1.165, 1.54) is 18.2 Å². The minimum Gasteiger partial charge on any atom is -0.507 e. The van der Waals surface area contributed by atoms with Crippen molar-refractivity contribution in [3.8, 4) is 5.75 Å². The standard InChI is InChI=1S/C12H6Cl2F3N3O2/c13-5-1-2-8(21)6(3-5)11(22)18-9-4-7(14)10(20-19-9)12(15,16)17/h1-4,21H,(H,18,19,22). The van der Waals surface area contributed by atoms with Gasteiger partial charge < -0.3 is 10.4 Å². The Kier molecular flexibility index (Phi) is 4.43. The van der Waals surface area contributed by atoms with Crippen LogP contribution in [0, 0.1) is 0 Å². The number of phenolic OH excluding ortho intramolecular Hbond substituents is 1. The number of hydrogen-bond acceptors (Lipinski definition) is 4. The minimum atomic E-state index is -4.75. The number of nitrogens with zero attached hydrogens (tertiary/aromatic N) is 2. The average Bonchev–Trinajstić information content (AvgIpc) is 2.40. The third-order valence-corrected chi connectivity index (χ3v) is 2.98. The van der Waals surface area contributed by atoms with Crippen LogP contribution >= 0.6 is 23.2 Å². The summed E-state index contributed by atoms with van der Waals surface area (Å²) in [5.41, 5.74) is -1.54. The van der Waals surface area contributed by atoms with Crippen LogP contribution < -0.4 is 5.32 Å². The molecule has 2 N–H and O–H groups in total. The Bertz CT molecular complexity index is 738. The number of alkyl halides is 3. The summed E-state index contributed by atoms with van der Waals surface area (Å²) in [6.07, 6.45) is -4.75. The first-order chi connectivity index (χ1) is 10.2. The number of rotatable bonds is 2. The van der Waals surface area contributed by atoms with E-state index >= 15 is 0 Å². The van der Waals surface area contributed by atoms with Crippen molar-refractivity contribution < 1.29 is 23.1 Å². The Balaban J connectivity index is 2.26. The number of halogens is 5. The third kappa shape index (κ3) is 3.58. The molecule has 0 fully saturated rings. The first-order valence-corrected chi connectivity index (χ1v) is 6.34. The molecule has 116 valence electrons. The molecule has 0 saturated carbocycles. The quantitative estimate of drug-likeness (QED) is 0.863. The van der Waals surface area contributed by atoms with E-state index < -0.39 is 22.8 Å². The van der Waals surface area contributed by atoms with Crippen LogP contribution in [0.15, 0.2) is 24.3 Å². The number of carbonyl (C=O) groups excluding carboxylic acids is 1. The van der Waals surface area contributed by atoms with Crippen molar-refractivity contribution in [2.24, 2.45) is 0 Å². The van der Waals surface area contributed by atoms with Crippen LogP contribution in [0.25, 0.3) is 0 Å². The van der Waals surface area contributed by atoms with Crippen LogP contribution in [-0.2, 0) is 6.18 Å². The van der Waals surface area contributed by atoms with Gasteiger partial charge in [0.15, 0.2) is 11.5 Å². The third-order valence-electron chi connectivity index (χ3n) is 2.46. The lowest BCUT2D eigenvalue weighted by atomic mass is 10.2. The lowest BCUT2D eigenvalue weighted by Gasteiger charge is -2.09. The number of aromatic hydroxyl groups is 1. The maximum Gasteiger partial charge on any atom is 0.436 e. The molecule has 10 heteroatoms. The zero-order valence-corrected chi connectivity index (χ0v) is 12.0. The molecule has 22 heavy (non-hydrogen) atoms. The van der Waals surface area contributed by atoms with Gasteiger partial charge in [-0.2, -0.15) is 13.2 Å². The van der Waals surface area contributed by atoms with E-state index in [4.69, 9.17) is 23.2 Å². The zero-order chi connectivity index (χ0) is 16.5. The van der Waals surface area contributed by atoms with Crippen LogP contribution in [0.5, 0.6) is 5.75 Å². The molecule has 0 atom stereocenters. The van der Waals surface area contributed by atoms with Crippen LogP contribution in [0.1, 0.15) is 16.1 Å². The van der Waals surface area contributed by atoms with Gasteiger partial charge >= 0.3 is 6.18 Å². The van der Waals surface area contributed by atoms with E-state index in [1.807, 2.05) is 0 Å². The smallest absolute Gasteiger partial charge is 0.436 e. The van der Waals surface area contributed by atoms with Crippen LogP contribution in [0.4, 0.5) is 19.0 Å². The van der Waals surface area contributed by atoms with Crippen molar-refractivity contribution in [2.75, 3.05) is 5.32 Å². The SMILES string of the molecule is O=C(Nc1cc(Cl)c(C(F)(F)F)nn1)c1cc(Cl)ccc1O. The number of anilines is 1. The van der Waals surface area contributed by atoms with E-state index in [0.717, 1.165) is 6.07 Å².